The molecule has 0 radical (unpaired) electrons. The second-order valence-electron chi connectivity index (χ2n) is 4.87. The Morgan fingerprint density at radius 3 is 2.75 bits per heavy atom. The predicted molar refractivity (Wildman–Crippen MR) is 85.4 cm³/mol. The number of carbonyl (C=O) groups is 1. The third-order valence-corrected chi connectivity index (χ3v) is 3.45. The number of pyridine rings is 1. The summed E-state index contributed by atoms with van der Waals surface area (Å²) in [5.41, 5.74) is 1.05. The monoisotopic (exact) mass is 319 g/mol. The number of rotatable bonds is 5. The van der Waals surface area contributed by atoms with E-state index in [1.54, 1.807) is 12.4 Å². The van der Waals surface area contributed by atoms with Gasteiger partial charge in [-0.1, -0.05) is 6.07 Å². The molecule has 2 rings (SSSR count). The fourth-order valence-electron chi connectivity index (χ4n) is 2.30. The Kier molecular flexibility index (Phi) is 10.4. The van der Waals surface area contributed by atoms with Crippen molar-refractivity contribution in [3.05, 3.63) is 30.1 Å². The average Bonchev–Trinajstić information content (AvgIpc) is 2.45. The lowest BCUT2D eigenvalue weighted by Crippen LogP contribution is -2.29. The molecule has 0 unspecified atom stereocenters. The molecule has 2 heterocycles. The van der Waals surface area contributed by atoms with Crippen LogP contribution in [0.2, 0.25) is 0 Å². The fraction of sp³-hybridized carbons (Fsp3) is 0.571. The highest BCUT2D eigenvalue weighted by molar-refractivity contribution is 5.85. The molecular formula is C14H23Cl2N3O. The molecule has 114 valence electrons. The largest absolute Gasteiger partial charge is 0.352 e. The lowest BCUT2D eigenvalue weighted by atomic mass is 9.93. The molecule has 1 aliphatic heterocycles. The van der Waals surface area contributed by atoms with Crippen molar-refractivity contribution >= 4 is 30.7 Å². The number of nitrogens with one attached hydrogen (secondary N) is 2. The molecule has 1 aromatic rings. The third kappa shape index (κ3) is 7.08. The number of aromatic nitrogens is 1. The summed E-state index contributed by atoms with van der Waals surface area (Å²) in [7, 11) is 0. The molecule has 1 fully saturated rings. The molecule has 1 aliphatic rings. The van der Waals surface area contributed by atoms with E-state index < -0.39 is 0 Å². The molecule has 4 nitrogen and oxygen atoms in total. The van der Waals surface area contributed by atoms with E-state index in [-0.39, 0.29) is 30.7 Å². The van der Waals surface area contributed by atoms with Gasteiger partial charge in [-0.15, -0.1) is 24.8 Å². The molecule has 2 N–H and O–H groups in total. The Labute approximate surface area is 132 Å². The van der Waals surface area contributed by atoms with E-state index in [0.29, 0.717) is 13.0 Å². The summed E-state index contributed by atoms with van der Waals surface area (Å²) in [4.78, 5) is 15.7. The molecule has 1 amide bonds. The molecule has 0 bridgehead atoms. The van der Waals surface area contributed by atoms with Crippen molar-refractivity contribution in [1.29, 1.82) is 0 Å². The van der Waals surface area contributed by atoms with Gasteiger partial charge in [-0.05, 0) is 49.9 Å². The maximum atomic E-state index is 11.7. The summed E-state index contributed by atoms with van der Waals surface area (Å²) in [6.07, 6.45) is 7.59. The lowest BCUT2D eigenvalue weighted by Gasteiger charge is -2.22. The Morgan fingerprint density at radius 1 is 1.35 bits per heavy atom. The highest BCUT2D eigenvalue weighted by Crippen LogP contribution is 2.17. The van der Waals surface area contributed by atoms with Crippen LogP contribution in [-0.4, -0.2) is 24.0 Å². The number of amides is 1. The van der Waals surface area contributed by atoms with Gasteiger partial charge in [0.05, 0.1) is 0 Å². The van der Waals surface area contributed by atoms with Gasteiger partial charge in [-0.2, -0.15) is 0 Å². The zero-order valence-electron chi connectivity index (χ0n) is 11.5. The van der Waals surface area contributed by atoms with Crippen LogP contribution in [0.3, 0.4) is 0 Å². The molecule has 1 saturated heterocycles. The van der Waals surface area contributed by atoms with E-state index >= 15 is 0 Å². The number of halogens is 2. The SMILES string of the molecule is Cl.Cl.O=C(CCC1CCNCC1)NCc1cccnc1. The van der Waals surface area contributed by atoms with Crippen LogP contribution in [0.4, 0.5) is 0 Å². The smallest absolute Gasteiger partial charge is 0.220 e. The van der Waals surface area contributed by atoms with Crippen molar-refractivity contribution in [1.82, 2.24) is 15.6 Å². The van der Waals surface area contributed by atoms with E-state index in [9.17, 15) is 4.79 Å². The van der Waals surface area contributed by atoms with Gasteiger partial charge in [0.2, 0.25) is 5.91 Å². The molecule has 20 heavy (non-hydrogen) atoms. The standard InChI is InChI=1S/C14H21N3O.2ClH/c18-14(4-3-12-5-8-15-9-6-12)17-11-13-2-1-7-16-10-13;;/h1-2,7,10,12,15H,3-6,8-9,11H2,(H,17,18);2*1H. The van der Waals surface area contributed by atoms with Crippen molar-refractivity contribution in [3.8, 4) is 0 Å². The summed E-state index contributed by atoms with van der Waals surface area (Å²) >= 11 is 0. The van der Waals surface area contributed by atoms with Crippen LogP contribution in [0.1, 0.15) is 31.2 Å². The first-order valence-electron chi connectivity index (χ1n) is 6.71. The van der Waals surface area contributed by atoms with Gasteiger partial charge in [0.25, 0.3) is 0 Å². The second-order valence-corrected chi connectivity index (χ2v) is 4.87. The van der Waals surface area contributed by atoms with Gasteiger partial charge >= 0.3 is 0 Å². The van der Waals surface area contributed by atoms with Crippen LogP contribution < -0.4 is 10.6 Å². The summed E-state index contributed by atoms with van der Waals surface area (Å²) in [6.45, 7) is 2.78. The molecular weight excluding hydrogens is 297 g/mol. The van der Waals surface area contributed by atoms with E-state index in [4.69, 9.17) is 0 Å². The summed E-state index contributed by atoms with van der Waals surface area (Å²) in [5, 5.41) is 6.29. The van der Waals surface area contributed by atoms with Crippen molar-refractivity contribution < 1.29 is 4.79 Å². The van der Waals surface area contributed by atoms with Gasteiger partial charge in [-0.25, -0.2) is 0 Å². The van der Waals surface area contributed by atoms with E-state index in [1.807, 2.05) is 12.1 Å². The van der Waals surface area contributed by atoms with Crippen LogP contribution in [0.15, 0.2) is 24.5 Å². The first-order chi connectivity index (χ1) is 8.84. The minimum atomic E-state index is 0. The van der Waals surface area contributed by atoms with E-state index in [2.05, 4.69) is 15.6 Å². The first kappa shape index (κ1) is 19.2. The predicted octanol–water partition coefficient (Wildman–Crippen LogP) is 2.32. The summed E-state index contributed by atoms with van der Waals surface area (Å²) < 4.78 is 0. The van der Waals surface area contributed by atoms with Crippen LogP contribution in [0.25, 0.3) is 0 Å². The van der Waals surface area contributed by atoms with E-state index in [0.717, 1.165) is 31.0 Å². The third-order valence-electron chi connectivity index (χ3n) is 3.45. The van der Waals surface area contributed by atoms with Crippen molar-refractivity contribution in [2.45, 2.75) is 32.2 Å². The minimum Gasteiger partial charge on any atom is -0.352 e. The number of piperidine rings is 1. The molecule has 0 saturated carbocycles. The van der Waals surface area contributed by atoms with Gasteiger partial charge in [0.1, 0.15) is 0 Å². The number of nitrogens with zero attached hydrogens (tertiary/aromatic N) is 1. The van der Waals surface area contributed by atoms with Crippen molar-refractivity contribution in [2.24, 2.45) is 5.92 Å². The second kappa shape index (κ2) is 10.9. The summed E-state index contributed by atoms with van der Waals surface area (Å²) in [6, 6.07) is 3.86. The van der Waals surface area contributed by atoms with Crippen LogP contribution in [0.5, 0.6) is 0 Å². The van der Waals surface area contributed by atoms with Gasteiger partial charge < -0.3 is 10.6 Å². The van der Waals surface area contributed by atoms with Crippen molar-refractivity contribution in [3.63, 3.8) is 0 Å². The highest BCUT2D eigenvalue weighted by Gasteiger charge is 2.14. The average molecular weight is 320 g/mol. The molecule has 1 aromatic heterocycles. The molecule has 0 aliphatic carbocycles. The first-order valence-corrected chi connectivity index (χ1v) is 6.71. The summed E-state index contributed by atoms with van der Waals surface area (Å²) in [5.74, 6) is 0.868. The Morgan fingerprint density at radius 2 is 2.10 bits per heavy atom. The Bertz CT molecular complexity index is 370. The minimum absolute atomic E-state index is 0. The normalized spacial score (nSPS) is 14.8. The Hall–Kier alpha value is -0.840. The topological polar surface area (TPSA) is 54.0 Å². The van der Waals surface area contributed by atoms with Crippen LogP contribution in [0, 0.1) is 5.92 Å². The molecule has 0 atom stereocenters. The fourth-order valence-corrected chi connectivity index (χ4v) is 2.30. The molecule has 0 aromatic carbocycles. The van der Waals surface area contributed by atoms with Gasteiger partial charge in [-0.3, -0.25) is 9.78 Å². The zero-order valence-corrected chi connectivity index (χ0v) is 13.1. The lowest BCUT2D eigenvalue weighted by molar-refractivity contribution is -0.121. The highest BCUT2D eigenvalue weighted by atomic mass is 35.5. The zero-order chi connectivity index (χ0) is 12.6. The van der Waals surface area contributed by atoms with Gasteiger partial charge in [0, 0.05) is 25.4 Å². The van der Waals surface area contributed by atoms with Crippen LogP contribution >= 0.6 is 24.8 Å². The number of hydrogen-bond donors (Lipinski definition) is 2. The van der Waals surface area contributed by atoms with Crippen LogP contribution in [-0.2, 0) is 11.3 Å². The quantitative estimate of drug-likeness (QED) is 0.875. The van der Waals surface area contributed by atoms with E-state index in [1.165, 1.54) is 12.8 Å². The maximum Gasteiger partial charge on any atom is 0.220 e. The number of carbonyl (C=O) groups excluding carboxylic acids is 1. The molecule has 0 spiro atoms. The number of hydrogen-bond acceptors (Lipinski definition) is 3. The molecule has 6 heteroatoms. The van der Waals surface area contributed by atoms with Gasteiger partial charge in [0.15, 0.2) is 0 Å². The Balaban J connectivity index is 0.00000180. The van der Waals surface area contributed by atoms with Crippen molar-refractivity contribution in [2.75, 3.05) is 13.1 Å². The maximum absolute atomic E-state index is 11.7.